The van der Waals surface area contributed by atoms with Crippen molar-refractivity contribution < 1.29 is 4.42 Å². The van der Waals surface area contributed by atoms with E-state index in [1.165, 1.54) is 25.9 Å². The summed E-state index contributed by atoms with van der Waals surface area (Å²) in [6, 6.07) is -0.0324. The maximum absolute atomic E-state index is 5.75. The summed E-state index contributed by atoms with van der Waals surface area (Å²) < 4.78 is 5.45. The third-order valence-electron chi connectivity index (χ3n) is 3.34. The summed E-state index contributed by atoms with van der Waals surface area (Å²) in [4.78, 5) is 6.79. The van der Waals surface area contributed by atoms with Gasteiger partial charge in [0, 0.05) is 12.5 Å². The van der Waals surface area contributed by atoms with Crippen LogP contribution in [0.15, 0.2) is 10.7 Å². The highest BCUT2D eigenvalue weighted by Gasteiger charge is 2.19. The molecular weight excluding hydrogens is 202 g/mol. The second kappa shape index (κ2) is 4.97. The van der Waals surface area contributed by atoms with Gasteiger partial charge in [-0.2, -0.15) is 0 Å². The fraction of sp³-hybridized carbons (Fsp3) is 0.750. The van der Waals surface area contributed by atoms with Crippen LogP contribution in [0.5, 0.6) is 0 Å². The van der Waals surface area contributed by atoms with Crippen LogP contribution in [0.1, 0.15) is 37.4 Å². The van der Waals surface area contributed by atoms with Crippen molar-refractivity contribution in [3.63, 3.8) is 0 Å². The lowest BCUT2D eigenvalue weighted by Gasteiger charge is -2.28. The van der Waals surface area contributed by atoms with Crippen molar-refractivity contribution in [3.8, 4) is 0 Å². The Morgan fingerprint density at radius 1 is 1.56 bits per heavy atom. The Morgan fingerprint density at radius 3 is 2.81 bits per heavy atom. The maximum Gasteiger partial charge on any atom is 0.194 e. The third-order valence-corrected chi connectivity index (χ3v) is 3.34. The lowest BCUT2D eigenvalue weighted by atomic mass is 9.94. The van der Waals surface area contributed by atoms with Crippen LogP contribution < -0.4 is 5.73 Å². The normalized spacial score (nSPS) is 21.2. The van der Waals surface area contributed by atoms with Crippen LogP contribution in [0.4, 0.5) is 0 Å². The molecule has 1 unspecified atom stereocenters. The monoisotopic (exact) mass is 223 g/mol. The van der Waals surface area contributed by atoms with Crippen LogP contribution in [0.2, 0.25) is 0 Å². The molecule has 0 bridgehead atoms. The second-order valence-corrected chi connectivity index (χ2v) is 4.91. The van der Waals surface area contributed by atoms with Gasteiger partial charge in [0.05, 0.1) is 5.69 Å². The van der Waals surface area contributed by atoms with Crippen LogP contribution in [0.3, 0.4) is 0 Å². The third kappa shape index (κ3) is 2.83. The topological polar surface area (TPSA) is 55.3 Å². The number of oxazole rings is 1. The van der Waals surface area contributed by atoms with E-state index >= 15 is 0 Å². The van der Waals surface area contributed by atoms with Crippen molar-refractivity contribution >= 4 is 0 Å². The number of piperidine rings is 1. The number of likely N-dealkylation sites (tertiary alicyclic amines) is 1. The summed E-state index contributed by atoms with van der Waals surface area (Å²) in [5.74, 6) is 1.57. The highest BCUT2D eigenvalue weighted by Crippen LogP contribution is 2.21. The van der Waals surface area contributed by atoms with Gasteiger partial charge in [-0.15, -0.1) is 0 Å². The summed E-state index contributed by atoms with van der Waals surface area (Å²) in [6.07, 6.45) is 5.13. The summed E-state index contributed by atoms with van der Waals surface area (Å²) in [7, 11) is 2.18. The van der Waals surface area contributed by atoms with Gasteiger partial charge in [-0.25, -0.2) is 4.98 Å². The fourth-order valence-electron chi connectivity index (χ4n) is 2.14. The summed E-state index contributed by atoms with van der Waals surface area (Å²) >= 11 is 0. The zero-order valence-corrected chi connectivity index (χ0v) is 10.1. The molecule has 1 aromatic rings. The van der Waals surface area contributed by atoms with Gasteiger partial charge >= 0.3 is 0 Å². The molecule has 0 amide bonds. The lowest BCUT2D eigenvalue weighted by molar-refractivity contribution is 0.212. The first-order valence-corrected chi connectivity index (χ1v) is 6.03. The largest absolute Gasteiger partial charge is 0.449 e. The smallest absolute Gasteiger partial charge is 0.194 e. The Balaban J connectivity index is 1.88. The van der Waals surface area contributed by atoms with Gasteiger partial charge in [0.1, 0.15) is 6.26 Å². The van der Waals surface area contributed by atoms with E-state index < -0.39 is 0 Å². The lowest BCUT2D eigenvalue weighted by Crippen LogP contribution is -2.31. The molecule has 0 aliphatic carbocycles. The average molecular weight is 223 g/mol. The molecule has 1 saturated heterocycles. The Morgan fingerprint density at radius 2 is 2.25 bits per heavy atom. The van der Waals surface area contributed by atoms with Gasteiger partial charge < -0.3 is 15.1 Å². The minimum Gasteiger partial charge on any atom is -0.449 e. The van der Waals surface area contributed by atoms with E-state index in [0.717, 1.165) is 23.9 Å². The maximum atomic E-state index is 5.75. The minimum atomic E-state index is -0.0324. The molecule has 2 heterocycles. The number of nitrogens with zero attached hydrogens (tertiary/aromatic N) is 2. The molecule has 1 aliphatic rings. The van der Waals surface area contributed by atoms with E-state index in [-0.39, 0.29) is 6.04 Å². The predicted octanol–water partition coefficient (Wildman–Crippen LogP) is 1.58. The molecule has 1 aromatic heterocycles. The SMILES string of the molecule is CC(N)c1coc(CC2CCN(C)CC2)n1. The van der Waals surface area contributed by atoms with E-state index in [9.17, 15) is 0 Å². The molecule has 2 N–H and O–H groups in total. The van der Waals surface area contributed by atoms with Crippen LogP contribution in [0, 0.1) is 5.92 Å². The average Bonchev–Trinajstić information content (AvgIpc) is 2.70. The van der Waals surface area contributed by atoms with Gasteiger partial charge in [0.15, 0.2) is 5.89 Å². The van der Waals surface area contributed by atoms with Crippen molar-refractivity contribution in [1.82, 2.24) is 9.88 Å². The Bertz CT molecular complexity index is 327. The second-order valence-electron chi connectivity index (χ2n) is 4.91. The van der Waals surface area contributed by atoms with Gasteiger partial charge in [-0.05, 0) is 45.8 Å². The number of hydrogen-bond acceptors (Lipinski definition) is 4. The van der Waals surface area contributed by atoms with Crippen LogP contribution in [0.25, 0.3) is 0 Å². The first-order valence-electron chi connectivity index (χ1n) is 6.03. The fourth-order valence-corrected chi connectivity index (χ4v) is 2.14. The van der Waals surface area contributed by atoms with Gasteiger partial charge in [0.2, 0.25) is 0 Å². The molecule has 16 heavy (non-hydrogen) atoms. The quantitative estimate of drug-likeness (QED) is 0.845. The summed E-state index contributed by atoms with van der Waals surface area (Å²) in [5, 5.41) is 0. The van der Waals surface area contributed by atoms with E-state index in [1.807, 2.05) is 6.92 Å². The highest BCUT2D eigenvalue weighted by atomic mass is 16.3. The van der Waals surface area contributed by atoms with Crippen molar-refractivity contribution in [2.45, 2.75) is 32.2 Å². The Hall–Kier alpha value is -0.870. The summed E-state index contributed by atoms with van der Waals surface area (Å²) in [5.41, 5.74) is 6.61. The molecule has 0 radical (unpaired) electrons. The molecule has 2 rings (SSSR count). The number of aromatic nitrogens is 1. The standard InChI is InChI=1S/C12H21N3O/c1-9(13)11-8-16-12(14-11)7-10-3-5-15(2)6-4-10/h8-10H,3-7,13H2,1-2H3. The molecule has 4 nitrogen and oxygen atoms in total. The zero-order chi connectivity index (χ0) is 11.5. The first kappa shape index (κ1) is 11.6. The Kier molecular flexibility index (Phi) is 3.61. The zero-order valence-electron chi connectivity index (χ0n) is 10.1. The van der Waals surface area contributed by atoms with Crippen molar-refractivity contribution in [2.75, 3.05) is 20.1 Å². The molecule has 1 fully saturated rings. The van der Waals surface area contributed by atoms with E-state index in [4.69, 9.17) is 10.2 Å². The highest BCUT2D eigenvalue weighted by molar-refractivity contribution is 5.01. The van der Waals surface area contributed by atoms with E-state index in [0.29, 0.717) is 0 Å². The Labute approximate surface area is 96.8 Å². The predicted molar refractivity (Wildman–Crippen MR) is 63.0 cm³/mol. The molecule has 0 saturated carbocycles. The molecule has 90 valence electrons. The molecule has 0 aromatic carbocycles. The van der Waals surface area contributed by atoms with Gasteiger partial charge in [0.25, 0.3) is 0 Å². The van der Waals surface area contributed by atoms with Crippen LogP contribution in [-0.2, 0) is 6.42 Å². The molecule has 1 atom stereocenters. The van der Waals surface area contributed by atoms with Crippen molar-refractivity contribution in [3.05, 3.63) is 17.8 Å². The minimum absolute atomic E-state index is 0.0324. The van der Waals surface area contributed by atoms with Crippen LogP contribution >= 0.6 is 0 Å². The van der Waals surface area contributed by atoms with Gasteiger partial charge in [-0.1, -0.05) is 0 Å². The molecule has 4 heteroatoms. The number of rotatable bonds is 3. The number of hydrogen-bond donors (Lipinski definition) is 1. The summed E-state index contributed by atoms with van der Waals surface area (Å²) in [6.45, 7) is 4.30. The molecule has 1 aliphatic heterocycles. The van der Waals surface area contributed by atoms with Crippen molar-refractivity contribution in [2.24, 2.45) is 11.7 Å². The van der Waals surface area contributed by atoms with Crippen molar-refractivity contribution in [1.29, 1.82) is 0 Å². The molecule has 0 spiro atoms. The number of nitrogens with two attached hydrogens (primary N) is 1. The molecular formula is C12H21N3O. The van der Waals surface area contributed by atoms with E-state index in [1.54, 1.807) is 6.26 Å². The van der Waals surface area contributed by atoms with Gasteiger partial charge in [-0.3, -0.25) is 0 Å². The first-order chi connectivity index (χ1) is 7.65. The van der Waals surface area contributed by atoms with Crippen LogP contribution in [-0.4, -0.2) is 30.0 Å². The van der Waals surface area contributed by atoms with E-state index in [2.05, 4.69) is 16.9 Å².